The van der Waals surface area contributed by atoms with Gasteiger partial charge in [0.2, 0.25) is 0 Å². The van der Waals surface area contributed by atoms with E-state index in [0.29, 0.717) is 10.6 Å². The van der Waals surface area contributed by atoms with Gasteiger partial charge in [-0.2, -0.15) is 0 Å². The lowest BCUT2D eigenvalue weighted by Gasteiger charge is -2.50. The van der Waals surface area contributed by atoms with Crippen molar-refractivity contribution < 1.29 is 49.0 Å². The monoisotopic (exact) mass is 491 g/mol. The van der Waals surface area contributed by atoms with Crippen molar-refractivity contribution in [1.29, 1.82) is 0 Å². The molecule has 0 unspecified atom stereocenters. The van der Waals surface area contributed by atoms with Crippen molar-refractivity contribution in [3.8, 4) is 0 Å². The topological polar surface area (TPSA) is 168 Å². The van der Waals surface area contributed by atoms with Gasteiger partial charge in [0, 0.05) is 28.8 Å². The summed E-state index contributed by atoms with van der Waals surface area (Å²) in [5, 5.41) is 42.8. The highest BCUT2D eigenvalue weighted by Gasteiger charge is 2.57. The lowest BCUT2D eigenvalue weighted by molar-refractivity contribution is -0.326. The first kappa shape index (κ1) is 25.1. The zero-order valence-corrected chi connectivity index (χ0v) is 19.1. The fraction of sp³-hybridized carbons (Fsp3) is 0.500. The summed E-state index contributed by atoms with van der Waals surface area (Å²) in [6.45, 7) is 3.23. The van der Waals surface area contributed by atoms with Crippen molar-refractivity contribution in [3.63, 3.8) is 0 Å². The summed E-state index contributed by atoms with van der Waals surface area (Å²) >= 11 is 0. The Morgan fingerprint density at radius 1 is 1.37 bits per heavy atom. The molecule has 4 rings (SSSR count). The zero-order chi connectivity index (χ0) is 25.3. The molecule has 3 heterocycles. The maximum atomic E-state index is 12.2. The minimum Gasteiger partial charge on any atom is -0.483 e. The summed E-state index contributed by atoms with van der Waals surface area (Å²) in [5.74, 6) is -3.17. The molecular formula is C24H29NO10. The van der Waals surface area contributed by atoms with Crippen LogP contribution in [0.15, 0.2) is 36.6 Å². The molecule has 1 aromatic rings. The molecule has 1 aliphatic carbocycles. The van der Waals surface area contributed by atoms with Crippen LogP contribution in [0, 0.1) is 11.8 Å². The Morgan fingerprint density at radius 3 is 2.80 bits per heavy atom. The standard InChI is InChI=1S/C24H29NO10/c1-3-13-15(8-19(27)28)14(22(31)32-2)4-5-17(13)34-23-20(29)21(30)24(18(10-26)35-23)9-12-6-7-25-16(12)11-33-24/h3-4,6-7,9,11,13,15,17-18,20-21,23,25-26,29-30H,1,5,8,10H2,2H3,(H,27,28)/t13-,15+,17-,18-,20-,21-,23-,24-/m1/s1. The molecule has 35 heavy (non-hydrogen) atoms. The molecule has 0 radical (unpaired) electrons. The molecule has 3 aliphatic rings. The van der Waals surface area contributed by atoms with Crippen molar-refractivity contribution in [2.45, 2.75) is 49.1 Å². The zero-order valence-electron chi connectivity index (χ0n) is 19.1. The molecule has 190 valence electrons. The number of carbonyl (C=O) groups excluding carboxylic acids is 1. The van der Waals surface area contributed by atoms with Crippen molar-refractivity contribution in [2.75, 3.05) is 13.7 Å². The minimum atomic E-state index is -1.57. The van der Waals surface area contributed by atoms with Crippen LogP contribution in [0.5, 0.6) is 0 Å². The molecule has 1 aromatic heterocycles. The van der Waals surface area contributed by atoms with E-state index in [1.807, 2.05) is 0 Å². The van der Waals surface area contributed by atoms with Crippen LogP contribution in [-0.2, 0) is 28.5 Å². The van der Waals surface area contributed by atoms with E-state index < -0.39 is 66.7 Å². The number of H-pyrrole nitrogens is 1. The second-order valence-corrected chi connectivity index (χ2v) is 8.77. The number of aliphatic hydroxyl groups excluding tert-OH is 3. The van der Waals surface area contributed by atoms with Gasteiger partial charge in [-0.05, 0) is 18.6 Å². The van der Waals surface area contributed by atoms with E-state index in [0.717, 1.165) is 0 Å². The minimum absolute atomic E-state index is 0.179. The number of methoxy groups -OCH3 is 1. The number of hydrogen-bond acceptors (Lipinski definition) is 9. The van der Waals surface area contributed by atoms with Crippen LogP contribution in [0.3, 0.4) is 0 Å². The smallest absolute Gasteiger partial charge is 0.333 e. The number of hydrogen-bond donors (Lipinski definition) is 5. The van der Waals surface area contributed by atoms with Crippen LogP contribution in [0.4, 0.5) is 0 Å². The maximum Gasteiger partial charge on any atom is 0.333 e. The van der Waals surface area contributed by atoms with Crippen LogP contribution in [0.2, 0.25) is 0 Å². The van der Waals surface area contributed by atoms with Crippen molar-refractivity contribution in [1.82, 2.24) is 4.98 Å². The van der Waals surface area contributed by atoms with E-state index >= 15 is 0 Å². The first-order chi connectivity index (χ1) is 16.7. The van der Waals surface area contributed by atoms with Crippen LogP contribution in [0.25, 0.3) is 12.3 Å². The van der Waals surface area contributed by atoms with Gasteiger partial charge in [-0.3, -0.25) is 4.79 Å². The number of aromatic nitrogens is 1. The maximum absolute atomic E-state index is 12.2. The summed E-state index contributed by atoms with van der Waals surface area (Å²) in [6.07, 6.45) is 1.22. The quantitative estimate of drug-likeness (QED) is 0.224. The number of aliphatic hydroxyl groups is 3. The third kappa shape index (κ3) is 4.41. The number of aliphatic carboxylic acids is 1. The van der Waals surface area contributed by atoms with Crippen molar-refractivity contribution in [2.24, 2.45) is 11.8 Å². The molecule has 11 heteroatoms. The largest absolute Gasteiger partial charge is 0.483 e. The third-order valence-electron chi connectivity index (χ3n) is 6.87. The van der Waals surface area contributed by atoms with Gasteiger partial charge < -0.3 is 44.4 Å². The molecule has 1 fully saturated rings. The van der Waals surface area contributed by atoms with E-state index in [1.165, 1.54) is 19.4 Å². The van der Waals surface area contributed by atoms with Gasteiger partial charge in [-0.25, -0.2) is 4.79 Å². The fourth-order valence-electron chi connectivity index (χ4n) is 5.08. The van der Waals surface area contributed by atoms with E-state index in [9.17, 15) is 30.0 Å². The number of carboxylic acids is 1. The van der Waals surface area contributed by atoms with E-state index in [4.69, 9.17) is 18.9 Å². The number of ether oxygens (including phenoxy) is 4. The van der Waals surface area contributed by atoms with Crippen LogP contribution >= 0.6 is 0 Å². The predicted octanol–water partition coefficient (Wildman–Crippen LogP) is -1.48. The predicted molar refractivity (Wildman–Crippen MR) is 120 cm³/mol. The highest BCUT2D eigenvalue weighted by Crippen LogP contribution is 2.40. The lowest BCUT2D eigenvalue weighted by Crippen LogP contribution is -2.68. The number of carboxylic acid groups (broad SMARTS) is 1. The second-order valence-electron chi connectivity index (χ2n) is 8.77. The van der Waals surface area contributed by atoms with E-state index in [-0.39, 0.29) is 18.4 Å². The Bertz CT molecular complexity index is 1120. The number of nitrogens with one attached hydrogen (secondary N) is 1. The highest BCUT2D eigenvalue weighted by atomic mass is 16.7. The number of esters is 1. The van der Waals surface area contributed by atoms with Crippen LogP contribution < -0.4 is 10.6 Å². The Hall–Kier alpha value is -2.96. The molecule has 2 aliphatic heterocycles. The van der Waals surface area contributed by atoms with Crippen molar-refractivity contribution in [3.05, 3.63) is 47.1 Å². The van der Waals surface area contributed by atoms with E-state index in [2.05, 4.69) is 11.6 Å². The normalized spacial score (nSPS) is 36.1. The highest BCUT2D eigenvalue weighted by molar-refractivity contribution is 5.90. The molecular weight excluding hydrogens is 462 g/mol. The Kier molecular flexibility index (Phi) is 7.15. The number of aromatic amines is 1. The molecule has 1 spiro atoms. The molecule has 5 N–H and O–H groups in total. The second kappa shape index (κ2) is 9.96. The van der Waals surface area contributed by atoms with E-state index in [1.54, 1.807) is 24.4 Å². The Balaban J connectivity index is 1.59. The fourth-order valence-corrected chi connectivity index (χ4v) is 5.08. The van der Waals surface area contributed by atoms with Crippen LogP contribution in [-0.4, -0.2) is 87.4 Å². The Labute approximate surface area is 200 Å². The summed E-state index contributed by atoms with van der Waals surface area (Å²) < 4.78 is 22.5. The van der Waals surface area contributed by atoms with Crippen molar-refractivity contribution >= 4 is 24.3 Å². The first-order valence-corrected chi connectivity index (χ1v) is 11.2. The summed E-state index contributed by atoms with van der Waals surface area (Å²) in [7, 11) is 1.21. The molecule has 0 aromatic carbocycles. The third-order valence-corrected chi connectivity index (χ3v) is 6.87. The van der Waals surface area contributed by atoms with Gasteiger partial charge in [0.15, 0.2) is 11.9 Å². The van der Waals surface area contributed by atoms with Gasteiger partial charge in [-0.1, -0.05) is 12.2 Å². The SMILES string of the molecule is C=C[C@@H]1[C@H](CC(=O)O)C(C(=O)OC)=CC[C@H]1O[C@@H]1O[C@H](CO)[C@]2(C=c3cc[nH]c3=CO2)[C@H](O)[C@H]1O. The molecule has 0 amide bonds. The molecule has 0 saturated carbocycles. The lowest BCUT2D eigenvalue weighted by atomic mass is 9.74. The average Bonchev–Trinajstić information content (AvgIpc) is 3.31. The number of carbonyl (C=O) groups is 2. The number of fused-ring (bicyclic) bond motifs is 1. The summed E-state index contributed by atoms with van der Waals surface area (Å²) in [5.41, 5.74) is -1.35. The van der Waals surface area contributed by atoms with Gasteiger partial charge in [0.05, 0.1) is 31.6 Å². The number of rotatable bonds is 7. The van der Waals surface area contributed by atoms with Gasteiger partial charge in [0.1, 0.15) is 24.6 Å². The van der Waals surface area contributed by atoms with Gasteiger partial charge in [-0.15, -0.1) is 6.58 Å². The first-order valence-electron chi connectivity index (χ1n) is 11.2. The van der Waals surface area contributed by atoms with Gasteiger partial charge >= 0.3 is 11.9 Å². The molecule has 0 bridgehead atoms. The average molecular weight is 491 g/mol. The summed E-state index contributed by atoms with van der Waals surface area (Å²) in [4.78, 5) is 26.7. The Morgan fingerprint density at radius 2 is 2.14 bits per heavy atom. The van der Waals surface area contributed by atoms with Crippen LogP contribution in [0.1, 0.15) is 12.8 Å². The van der Waals surface area contributed by atoms with Gasteiger partial charge in [0.25, 0.3) is 0 Å². The summed E-state index contributed by atoms with van der Waals surface area (Å²) in [6, 6.07) is 1.76. The molecule has 8 atom stereocenters. The molecule has 11 nitrogen and oxygen atoms in total. The molecule has 1 saturated heterocycles.